The Hall–Kier alpha value is -2.58. The fraction of sp³-hybridized carbons (Fsp3) is 0.333. The van der Waals surface area contributed by atoms with Crippen molar-refractivity contribution >= 4 is 11.5 Å². The maximum Gasteiger partial charge on any atom is 0.149 e. The molecule has 2 aromatic rings. The first-order valence-electron chi connectivity index (χ1n) is 7.66. The normalized spacial score (nSPS) is 11.7. The van der Waals surface area contributed by atoms with E-state index in [4.69, 9.17) is 15.7 Å². The lowest BCUT2D eigenvalue weighted by molar-refractivity contribution is 0.130. The van der Waals surface area contributed by atoms with Gasteiger partial charge in [-0.25, -0.2) is 4.98 Å². The molecular weight excluding hydrogens is 288 g/mol. The highest BCUT2D eigenvalue weighted by Gasteiger charge is 2.12. The van der Waals surface area contributed by atoms with Crippen LogP contribution < -0.4 is 11.1 Å². The van der Waals surface area contributed by atoms with Gasteiger partial charge in [0, 0.05) is 6.20 Å². The van der Waals surface area contributed by atoms with Crippen LogP contribution in [0.3, 0.4) is 0 Å². The minimum atomic E-state index is 0.0357. The molecule has 1 aromatic heterocycles. The molecule has 0 radical (unpaired) electrons. The highest BCUT2D eigenvalue weighted by atomic mass is 16.5. The van der Waals surface area contributed by atoms with Gasteiger partial charge in [-0.3, -0.25) is 0 Å². The van der Waals surface area contributed by atoms with Crippen molar-refractivity contribution in [3.05, 3.63) is 53.7 Å². The van der Waals surface area contributed by atoms with Crippen LogP contribution in [0.2, 0.25) is 0 Å². The number of ether oxygens (including phenoxy) is 1. The van der Waals surface area contributed by atoms with E-state index in [-0.39, 0.29) is 6.04 Å². The second kappa shape index (κ2) is 8.76. The minimum Gasteiger partial charge on any atom is -0.396 e. The summed E-state index contributed by atoms with van der Waals surface area (Å²) in [4.78, 5) is 4.27. The van der Waals surface area contributed by atoms with Crippen molar-refractivity contribution in [3.8, 4) is 6.07 Å². The number of aryl methyl sites for hydroxylation is 1. The third-order valence-corrected chi connectivity index (χ3v) is 3.46. The van der Waals surface area contributed by atoms with Gasteiger partial charge in [-0.15, -0.1) is 0 Å². The van der Waals surface area contributed by atoms with Gasteiger partial charge >= 0.3 is 0 Å². The molecule has 0 saturated heterocycles. The van der Waals surface area contributed by atoms with Crippen LogP contribution in [0.1, 0.15) is 17.5 Å². The van der Waals surface area contributed by atoms with Gasteiger partial charge in [0.2, 0.25) is 0 Å². The van der Waals surface area contributed by atoms with Gasteiger partial charge in [0.05, 0.1) is 37.4 Å². The number of rotatable bonds is 8. The van der Waals surface area contributed by atoms with Gasteiger partial charge in [0.25, 0.3) is 0 Å². The van der Waals surface area contributed by atoms with Crippen LogP contribution in [0.5, 0.6) is 0 Å². The summed E-state index contributed by atoms with van der Waals surface area (Å²) < 4.78 is 5.59. The zero-order chi connectivity index (χ0) is 16.5. The Kier molecular flexibility index (Phi) is 6.40. The third kappa shape index (κ3) is 5.61. The molecule has 0 fully saturated rings. The summed E-state index contributed by atoms with van der Waals surface area (Å²) in [6, 6.07) is 14.1. The van der Waals surface area contributed by atoms with Gasteiger partial charge in [-0.1, -0.05) is 29.8 Å². The molecule has 2 rings (SSSR count). The summed E-state index contributed by atoms with van der Waals surface area (Å²) in [5.41, 5.74) is 9.01. The Morgan fingerprint density at radius 2 is 2.09 bits per heavy atom. The highest BCUT2D eigenvalue weighted by molar-refractivity contribution is 5.60. The second-order valence-corrected chi connectivity index (χ2v) is 5.46. The molecule has 1 aromatic carbocycles. The van der Waals surface area contributed by atoms with E-state index in [9.17, 15) is 0 Å². The number of pyridine rings is 1. The van der Waals surface area contributed by atoms with Crippen LogP contribution in [-0.4, -0.2) is 24.2 Å². The molecule has 3 N–H and O–H groups in total. The molecule has 0 saturated carbocycles. The van der Waals surface area contributed by atoms with Crippen molar-refractivity contribution in [2.24, 2.45) is 0 Å². The molecule has 5 nitrogen and oxygen atoms in total. The predicted molar refractivity (Wildman–Crippen MR) is 92.0 cm³/mol. The predicted octanol–water partition coefficient (Wildman–Crippen LogP) is 2.93. The number of anilines is 2. The first-order chi connectivity index (χ1) is 11.2. The Labute approximate surface area is 137 Å². The molecule has 0 aliphatic rings. The molecule has 0 bridgehead atoms. The first-order valence-corrected chi connectivity index (χ1v) is 7.66. The number of aromatic nitrogens is 1. The number of nitrogens with one attached hydrogen (secondary N) is 1. The molecule has 1 heterocycles. The lowest BCUT2D eigenvalue weighted by Gasteiger charge is -2.20. The van der Waals surface area contributed by atoms with E-state index in [0.717, 1.165) is 6.42 Å². The Morgan fingerprint density at radius 1 is 1.30 bits per heavy atom. The van der Waals surface area contributed by atoms with Gasteiger partial charge in [-0.2, -0.15) is 5.26 Å². The van der Waals surface area contributed by atoms with Crippen molar-refractivity contribution in [2.45, 2.75) is 25.8 Å². The third-order valence-electron chi connectivity index (χ3n) is 3.46. The van der Waals surface area contributed by atoms with Crippen molar-refractivity contribution in [1.82, 2.24) is 4.98 Å². The quantitative estimate of drug-likeness (QED) is 0.732. The fourth-order valence-corrected chi connectivity index (χ4v) is 2.24. The Bertz CT molecular complexity index is 649. The van der Waals surface area contributed by atoms with Crippen molar-refractivity contribution < 1.29 is 4.74 Å². The number of nitrogen functional groups attached to an aromatic ring is 1. The number of nitriles is 1. The molecule has 0 amide bonds. The number of hydrogen-bond donors (Lipinski definition) is 2. The van der Waals surface area contributed by atoms with Crippen LogP contribution in [0.25, 0.3) is 0 Å². The minimum absolute atomic E-state index is 0.0357. The van der Waals surface area contributed by atoms with E-state index >= 15 is 0 Å². The maximum absolute atomic E-state index is 8.59. The van der Waals surface area contributed by atoms with E-state index in [2.05, 4.69) is 47.6 Å². The van der Waals surface area contributed by atoms with Crippen LogP contribution in [-0.2, 0) is 11.2 Å². The van der Waals surface area contributed by atoms with Crippen LogP contribution in [0.4, 0.5) is 11.5 Å². The van der Waals surface area contributed by atoms with Crippen molar-refractivity contribution in [1.29, 1.82) is 5.26 Å². The lowest BCUT2D eigenvalue weighted by atomic mass is 10.0. The average Bonchev–Trinajstić information content (AvgIpc) is 2.55. The zero-order valence-corrected chi connectivity index (χ0v) is 13.3. The maximum atomic E-state index is 8.59. The topological polar surface area (TPSA) is 84.0 Å². The van der Waals surface area contributed by atoms with Gasteiger partial charge in [0.15, 0.2) is 0 Å². The number of nitrogens with two attached hydrogens (primary N) is 1. The Morgan fingerprint density at radius 3 is 2.78 bits per heavy atom. The average molecular weight is 310 g/mol. The van der Waals surface area contributed by atoms with Crippen molar-refractivity contribution in [2.75, 3.05) is 24.3 Å². The molecule has 0 aliphatic carbocycles. The van der Waals surface area contributed by atoms with Crippen LogP contribution in [0.15, 0.2) is 42.6 Å². The monoisotopic (exact) mass is 310 g/mol. The Balaban J connectivity index is 2.03. The molecule has 23 heavy (non-hydrogen) atoms. The van der Waals surface area contributed by atoms with E-state index in [1.807, 2.05) is 6.07 Å². The summed E-state index contributed by atoms with van der Waals surface area (Å²) in [6.07, 6.45) is 2.89. The van der Waals surface area contributed by atoms with Gasteiger partial charge < -0.3 is 15.8 Å². The SMILES string of the molecule is Cc1ccc(C[C@@H](COCCC#N)Nc2ncccc2N)cc1. The van der Waals surface area contributed by atoms with E-state index in [1.54, 1.807) is 12.3 Å². The fourth-order valence-electron chi connectivity index (χ4n) is 2.24. The molecule has 0 aliphatic heterocycles. The summed E-state index contributed by atoms with van der Waals surface area (Å²) in [6.45, 7) is 2.99. The van der Waals surface area contributed by atoms with E-state index in [1.165, 1.54) is 11.1 Å². The first kappa shape index (κ1) is 16.8. The molecule has 5 heteroatoms. The smallest absolute Gasteiger partial charge is 0.149 e. The highest BCUT2D eigenvalue weighted by Crippen LogP contribution is 2.16. The molecule has 120 valence electrons. The standard InChI is InChI=1S/C18H22N4O/c1-14-5-7-15(8-6-14)12-16(13-23-11-3-9-19)22-18-17(20)4-2-10-21-18/h2,4-8,10,16H,3,11-13,20H2,1H3,(H,21,22)/t16-/m0/s1. The molecule has 0 spiro atoms. The van der Waals surface area contributed by atoms with Crippen LogP contribution >= 0.6 is 0 Å². The van der Waals surface area contributed by atoms with E-state index < -0.39 is 0 Å². The second-order valence-electron chi connectivity index (χ2n) is 5.46. The van der Waals surface area contributed by atoms with Crippen molar-refractivity contribution in [3.63, 3.8) is 0 Å². The summed E-state index contributed by atoms with van der Waals surface area (Å²) in [7, 11) is 0. The summed E-state index contributed by atoms with van der Waals surface area (Å²) >= 11 is 0. The van der Waals surface area contributed by atoms with Crippen LogP contribution in [0, 0.1) is 18.3 Å². The van der Waals surface area contributed by atoms with Gasteiger partial charge in [-0.05, 0) is 31.0 Å². The molecule has 0 unspecified atom stereocenters. The molecular formula is C18H22N4O. The number of benzene rings is 1. The van der Waals surface area contributed by atoms with E-state index in [0.29, 0.717) is 31.1 Å². The van der Waals surface area contributed by atoms with Gasteiger partial charge in [0.1, 0.15) is 5.82 Å². The number of hydrogen-bond acceptors (Lipinski definition) is 5. The molecule has 1 atom stereocenters. The lowest BCUT2D eigenvalue weighted by Crippen LogP contribution is -2.29. The zero-order valence-electron chi connectivity index (χ0n) is 13.3. The largest absolute Gasteiger partial charge is 0.396 e. The number of nitrogens with zero attached hydrogens (tertiary/aromatic N) is 2. The summed E-state index contributed by atoms with van der Waals surface area (Å²) in [5, 5.41) is 11.9. The summed E-state index contributed by atoms with van der Waals surface area (Å²) in [5.74, 6) is 0.661.